The number of carbonyl (C=O) groups excluding carboxylic acids is 8. The molecule has 66 heavy (non-hydrogen) atoms. The Morgan fingerprint density at radius 1 is 0.909 bits per heavy atom. The number of amides is 8. The van der Waals surface area contributed by atoms with Crippen molar-refractivity contribution >= 4 is 59.9 Å². The van der Waals surface area contributed by atoms with Gasteiger partial charge in [-0.3, -0.25) is 28.8 Å². The van der Waals surface area contributed by atoms with Gasteiger partial charge in [-0.25, -0.2) is 0 Å². The molecule has 0 bridgehead atoms. The summed E-state index contributed by atoms with van der Waals surface area (Å²) < 4.78 is 19.1. The second-order valence-corrected chi connectivity index (χ2v) is 16.8. The Hall–Kier alpha value is -4.42. The number of hydrogen-bond donors (Lipinski definition) is 6. The number of ether oxygens (including phenoxy) is 2. The van der Waals surface area contributed by atoms with E-state index in [-0.39, 0.29) is 75.8 Å². The molecule has 1 aromatic carbocycles. The molecule has 6 unspecified atom stereocenters. The van der Waals surface area contributed by atoms with Gasteiger partial charge in [0.05, 0.1) is 25.7 Å². The van der Waals surface area contributed by atoms with Gasteiger partial charge in [0.15, 0.2) is 0 Å². The van der Waals surface area contributed by atoms with Crippen LogP contribution in [0, 0.1) is 5.92 Å². The van der Waals surface area contributed by atoms with Crippen molar-refractivity contribution in [3.63, 3.8) is 0 Å². The third kappa shape index (κ3) is 19.8. The number of primary amides is 1. The molecule has 8 amide bonds. The first-order chi connectivity index (χ1) is 31.4. The minimum absolute atomic E-state index is 0.0000856. The first kappa shape index (κ1) is 57.7. The molecule has 0 saturated carbocycles. The molecule has 0 aliphatic carbocycles. The van der Waals surface area contributed by atoms with Gasteiger partial charge in [0, 0.05) is 44.7 Å². The van der Waals surface area contributed by atoms with Crippen molar-refractivity contribution in [1.82, 2.24) is 30.7 Å². The van der Waals surface area contributed by atoms with E-state index < -0.39 is 84.4 Å². The van der Waals surface area contributed by atoms with Gasteiger partial charge in [-0.05, 0) is 64.1 Å². The normalized spacial score (nSPS) is 18.0. The second-order valence-electron chi connectivity index (χ2n) is 16.5. The molecule has 367 valence electrons. The third-order valence-electron chi connectivity index (χ3n) is 10.4. The number of nitrogens with zero attached hydrogens (tertiary/aromatic N) is 5. The number of nitrogens with two attached hydrogens (primary N) is 2. The number of likely N-dealkylation sites (tertiary alicyclic amines) is 2. The zero-order valence-electron chi connectivity index (χ0n) is 37.9. The Morgan fingerprint density at radius 3 is 2.17 bits per heavy atom. The molecule has 0 spiro atoms. The molecule has 2 fully saturated rings. The second kappa shape index (κ2) is 30.8. The van der Waals surface area contributed by atoms with Crippen molar-refractivity contribution in [2.24, 2.45) is 17.4 Å². The first-order valence-corrected chi connectivity index (χ1v) is 23.0. The van der Waals surface area contributed by atoms with Crippen LogP contribution >= 0.6 is 0 Å². The van der Waals surface area contributed by atoms with Crippen LogP contribution in [0.4, 0.5) is 0 Å². The van der Waals surface area contributed by atoms with Crippen LogP contribution in [0.5, 0.6) is 0 Å². The summed E-state index contributed by atoms with van der Waals surface area (Å²) in [6.45, 7) is 3.87. The van der Waals surface area contributed by atoms with Gasteiger partial charge in [-0.2, -0.15) is 5.75 Å². The van der Waals surface area contributed by atoms with E-state index in [4.69, 9.17) is 37.1 Å². The molecule has 2 aliphatic heterocycles. The molecule has 2 heterocycles. The zero-order chi connectivity index (χ0) is 49.3. The molecule has 22 nitrogen and oxygen atoms in total. The van der Waals surface area contributed by atoms with Crippen LogP contribution in [0.25, 0.3) is 10.6 Å². The Morgan fingerprint density at radius 2 is 1.55 bits per heavy atom. The van der Waals surface area contributed by atoms with Gasteiger partial charge < -0.3 is 89.5 Å². The van der Waals surface area contributed by atoms with Crippen LogP contribution in [0.2, 0.25) is 0 Å². The summed E-state index contributed by atoms with van der Waals surface area (Å²) in [7, 11) is 3.27. The summed E-state index contributed by atoms with van der Waals surface area (Å²) >= 11 is 5.71. The van der Waals surface area contributed by atoms with Crippen molar-refractivity contribution in [2.45, 2.75) is 94.7 Å². The fourth-order valence-corrected chi connectivity index (χ4v) is 7.47. The van der Waals surface area contributed by atoms with E-state index in [2.05, 4.69) is 26.6 Å². The Kier molecular flexibility index (Phi) is 26.9. The monoisotopic (exact) mass is 1030 g/mol. The van der Waals surface area contributed by atoms with Crippen LogP contribution in [0.3, 0.4) is 0 Å². The quantitative estimate of drug-likeness (QED) is 0.0399. The first-order valence-electron chi connectivity index (χ1n) is 21.7. The molecule has 8 N–H and O–H groups in total. The van der Waals surface area contributed by atoms with E-state index in [0.29, 0.717) is 38.8 Å². The summed E-state index contributed by atoms with van der Waals surface area (Å²) in [5, 5.41) is 26.2. The van der Waals surface area contributed by atoms with Crippen LogP contribution in [-0.2, 0) is 89.2 Å². The predicted octanol–water partition coefficient (Wildman–Crippen LogP) is -2.29. The molecule has 2 saturated heterocycles. The van der Waals surface area contributed by atoms with Crippen molar-refractivity contribution in [1.29, 1.82) is 0 Å². The van der Waals surface area contributed by atoms with Gasteiger partial charge >= 0.3 is 22.4 Å². The molecular formula is C42H65N10O12STc+. The molecule has 0 aromatic heterocycles. The SMILES string of the molecule is CC(C)CC(NC(=O)C(O)[C@@H](N)Cc1ccccc1)C(=O)N1CCCC1C(=O)N1CCCC1C(=O)NCCOCCOCC(=O)NCC([N-]C(=O)CN(C)C)C(=O)[N-]C(C[S-])C(N)=O.[O]=[99Tc+4]. The van der Waals surface area contributed by atoms with Crippen molar-refractivity contribution in [3.05, 3.63) is 46.5 Å². The number of carbonyl (C=O) groups is 8. The van der Waals surface area contributed by atoms with Crippen LogP contribution < -0.4 is 27.4 Å². The number of rotatable bonds is 27. The van der Waals surface area contributed by atoms with Crippen LogP contribution in [0.15, 0.2) is 30.3 Å². The van der Waals surface area contributed by atoms with E-state index >= 15 is 0 Å². The number of hydrogen-bond acceptors (Lipinski definition) is 15. The van der Waals surface area contributed by atoms with Gasteiger partial charge in [0.25, 0.3) is 5.91 Å². The topological polar surface area (TPSA) is 318 Å². The summed E-state index contributed by atoms with van der Waals surface area (Å²) in [5.74, 6) is -5.24. The number of benzene rings is 1. The Labute approximate surface area is 401 Å². The van der Waals surface area contributed by atoms with Gasteiger partial charge in [-0.15, -0.1) is 0 Å². The summed E-state index contributed by atoms with van der Waals surface area (Å²) in [5.41, 5.74) is 12.2. The summed E-state index contributed by atoms with van der Waals surface area (Å²) in [6, 6.07) is 3.07. The van der Waals surface area contributed by atoms with E-state index in [0.717, 1.165) is 24.4 Å². The fraction of sp³-hybridized carbons (Fsp3) is 0.667. The molecular weight excluding hydrogens is 967 g/mol. The maximum absolute atomic E-state index is 14.0. The third-order valence-corrected chi connectivity index (χ3v) is 10.7. The number of aliphatic hydroxyl groups excluding tert-OH is 1. The number of aliphatic hydroxyl groups is 1. The standard InChI is InChI=1S/C42H68N10O11S.O.Tc/c1-26(2)20-29(48-40(59)36(55)28(43)21-27-10-6-5-7-11-27)41(60)52-16-9-13-33(52)42(61)51-15-8-12-32(51)39(58)45-14-17-62-18-19-63-24-35(54)46-22-30(47-34(53)23-50(3)4)38(57)49-31(25-64)37(44)56;;/h5-7,10-11,26,28-33,36,55H,8-9,12-25,43H2,1-4H3,(H8,44,45,46,47,48,49,53,54,56,57,58,59,64);;/q;;+4/p-3/t28-,29?,30?,31?,32?,33?,36?;;/m0../s1/i;;1+1. The van der Waals surface area contributed by atoms with Crippen molar-refractivity contribution in [3.8, 4) is 0 Å². The fourth-order valence-electron chi connectivity index (χ4n) is 7.23. The van der Waals surface area contributed by atoms with Gasteiger partial charge in [-0.1, -0.05) is 56.3 Å². The molecule has 3 rings (SSSR count). The Bertz CT molecular complexity index is 1750. The summed E-state index contributed by atoms with van der Waals surface area (Å²) in [6.07, 6.45) is 0.971. The minimum atomic E-state index is -1.56. The Balaban J connectivity index is 0.00000737. The van der Waals surface area contributed by atoms with Gasteiger partial charge in [0.1, 0.15) is 30.8 Å². The van der Waals surface area contributed by atoms with E-state index in [1.54, 1.807) is 19.0 Å². The van der Waals surface area contributed by atoms with Crippen molar-refractivity contribution < 1.29 is 75.3 Å². The molecule has 7 atom stereocenters. The van der Waals surface area contributed by atoms with E-state index in [1.807, 2.05) is 44.2 Å². The molecule has 0 radical (unpaired) electrons. The predicted molar refractivity (Wildman–Crippen MR) is 238 cm³/mol. The maximum atomic E-state index is 14.0. The molecule has 1 aromatic rings. The zero-order valence-corrected chi connectivity index (χ0v) is 40.6. The molecule has 24 heteroatoms. The van der Waals surface area contributed by atoms with Gasteiger partial charge in [0.2, 0.25) is 29.5 Å². The summed E-state index contributed by atoms with van der Waals surface area (Å²) in [4.78, 5) is 108. The average Bonchev–Trinajstić information content (AvgIpc) is 3.98. The van der Waals surface area contributed by atoms with Crippen LogP contribution in [0.1, 0.15) is 51.5 Å². The van der Waals surface area contributed by atoms with E-state index in [1.165, 1.54) is 9.80 Å². The van der Waals surface area contributed by atoms with Crippen molar-refractivity contribution in [2.75, 3.05) is 79.0 Å². The average molecular weight is 1030 g/mol. The number of likely N-dealkylation sites (N-methyl/N-ethyl adjacent to an activating group) is 1. The van der Waals surface area contributed by atoms with Crippen LogP contribution in [-0.4, -0.2) is 188 Å². The van der Waals surface area contributed by atoms with E-state index in [9.17, 15) is 43.5 Å². The molecule has 2 aliphatic rings. The number of nitrogens with one attached hydrogen (secondary N) is 3.